The molecule has 0 aromatic rings. The van der Waals surface area contributed by atoms with E-state index >= 15 is 0 Å². The van der Waals surface area contributed by atoms with Crippen molar-refractivity contribution >= 4 is 19.3 Å². The van der Waals surface area contributed by atoms with E-state index in [0.717, 1.165) is 14.2 Å². The predicted octanol–water partition coefficient (Wildman–Crippen LogP) is -3.75. The summed E-state index contributed by atoms with van der Waals surface area (Å²) < 4.78 is 20.6. The van der Waals surface area contributed by atoms with Crippen LogP contribution in [-0.4, -0.2) is 57.1 Å². The molecule has 7 nitrogen and oxygen atoms in total. The quantitative estimate of drug-likeness (QED) is 0.281. The molecule has 100 valence electrons. The van der Waals surface area contributed by atoms with Gasteiger partial charge in [-0.25, -0.2) is 0 Å². The Hall–Kier alpha value is 0.0900. The third-order valence-corrected chi connectivity index (χ3v) is 4.32. The Morgan fingerprint density at radius 2 is 1.78 bits per heavy atom. The van der Waals surface area contributed by atoms with Crippen LogP contribution in [0.25, 0.3) is 0 Å². The van der Waals surface area contributed by atoms with Gasteiger partial charge in [0.05, 0.1) is 20.6 Å². The van der Waals surface area contributed by atoms with E-state index in [2.05, 4.69) is 9.47 Å². The molecule has 2 atom stereocenters. The van der Waals surface area contributed by atoms with Gasteiger partial charge in [0, 0.05) is 13.7 Å². The number of carbonyl (C=O) groups is 2. The molecule has 0 aromatic heterocycles. The molecule has 0 bridgehead atoms. The minimum absolute atomic E-state index is 0. The van der Waals surface area contributed by atoms with Gasteiger partial charge in [-0.15, -0.1) is 0 Å². The number of ether oxygens (including phenoxy) is 2. The van der Waals surface area contributed by atoms with Crippen molar-refractivity contribution in [2.24, 2.45) is 0 Å². The Bertz CT molecular complexity index is 335. The van der Waals surface area contributed by atoms with Gasteiger partial charge in [-0.1, -0.05) is 0 Å². The number of rotatable bonds is 6. The molecule has 0 spiro atoms. The first kappa shape index (κ1) is 20.4. The first-order valence-corrected chi connectivity index (χ1v) is 6.71. The molecule has 0 heterocycles. The third-order valence-electron chi connectivity index (χ3n) is 2.02. The molecule has 0 amide bonds. The molecule has 0 saturated heterocycles. The average Bonchev–Trinajstić information content (AvgIpc) is 2.22. The molecule has 0 rings (SSSR count). The van der Waals surface area contributed by atoms with Gasteiger partial charge in [-0.2, -0.15) is 0 Å². The van der Waals surface area contributed by atoms with Crippen molar-refractivity contribution in [3.8, 4) is 0 Å². The van der Waals surface area contributed by atoms with Crippen molar-refractivity contribution in [3.63, 3.8) is 0 Å². The molecule has 0 aliphatic carbocycles. The SMILES string of the molecule is COC(=O)CC(C(=O)OC)P(=O)([O-])CN(C)C.[Na+]. The van der Waals surface area contributed by atoms with Crippen LogP contribution >= 0.6 is 7.37 Å². The van der Waals surface area contributed by atoms with Crippen LogP contribution in [0.3, 0.4) is 0 Å². The molecular formula is C9H17NNaO6P. The van der Waals surface area contributed by atoms with E-state index in [-0.39, 0.29) is 35.8 Å². The van der Waals surface area contributed by atoms with Gasteiger partial charge in [0.15, 0.2) is 0 Å². The van der Waals surface area contributed by atoms with Crippen molar-refractivity contribution < 1.29 is 58.1 Å². The van der Waals surface area contributed by atoms with E-state index in [1.807, 2.05) is 0 Å². The van der Waals surface area contributed by atoms with Gasteiger partial charge in [0.1, 0.15) is 5.66 Å². The Labute approximate surface area is 129 Å². The zero-order chi connectivity index (χ0) is 13.6. The molecule has 0 aromatic carbocycles. The van der Waals surface area contributed by atoms with Gasteiger partial charge < -0.3 is 23.8 Å². The Morgan fingerprint density at radius 3 is 2.11 bits per heavy atom. The molecule has 9 heteroatoms. The van der Waals surface area contributed by atoms with Gasteiger partial charge >= 0.3 is 41.5 Å². The first-order chi connectivity index (χ1) is 7.74. The maximum Gasteiger partial charge on any atom is 1.00 e. The summed E-state index contributed by atoms with van der Waals surface area (Å²) in [5, 5.41) is 0. The second-order valence-electron chi connectivity index (χ2n) is 3.77. The number of esters is 2. The van der Waals surface area contributed by atoms with Crippen molar-refractivity contribution in [2.75, 3.05) is 34.6 Å². The van der Waals surface area contributed by atoms with Gasteiger partial charge in [-0.3, -0.25) is 9.59 Å². The second-order valence-corrected chi connectivity index (χ2v) is 6.12. The van der Waals surface area contributed by atoms with Crippen molar-refractivity contribution in [1.82, 2.24) is 4.90 Å². The number of nitrogens with zero attached hydrogens (tertiary/aromatic N) is 1. The molecule has 18 heavy (non-hydrogen) atoms. The van der Waals surface area contributed by atoms with Crippen LogP contribution in [-0.2, 0) is 23.6 Å². The predicted molar refractivity (Wildman–Crippen MR) is 58.6 cm³/mol. The summed E-state index contributed by atoms with van der Waals surface area (Å²) in [6.07, 6.45) is -0.846. The smallest absolute Gasteiger partial charge is 0.798 e. The van der Waals surface area contributed by atoms with Crippen LogP contribution in [0.15, 0.2) is 0 Å². The fraction of sp³-hybridized carbons (Fsp3) is 0.778. The minimum Gasteiger partial charge on any atom is -0.798 e. The Morgan fingerprint density at radius 1 is 1.28 bits per heavy atom. The van der Waals surface area contributed by atoms with E-state index in [0.29, 0.717) is 0 Å². The normalized spacial score (nSPS) is 15.2. The summed E-state index contributed by atoms with van der Waals surface area (Å²) in [4.78, 5) is 35.7. The summed E-state index contributed by atoms with van der Waals surface area (Å²) >= 11 is 0. The summed E-state index contributed by atoms with van der Waals surface area (Å²) in [6, 6.07) is 0. The largest absolute Gasteiger partial charge is 1.00 e. The number of carbonyl (C=O) groups excluding carboxylic acids is 2. The summed E-state index contributed by atoms with van der Waals surface area (Å²) in [7, 11) is 1.20. The third kappa shape index (κ3) is 6.87. The standard InChI is InChI=1S/C9H18NO6P.Na/c1-10(2)6-17(13,14)7(9(12)16-4)5-8(11)15-3;/h7H,5-6H2,1-4H3,(H,13,14);/q;+1/p-1. The van der Waals surface area contributed by atoms with E-state index in [1.54, 1.807) is 14.1 Å². The monoisotopic (exact) mass is 289 g/mol. The molecule has 0 aliphatic rings. The fourth-order valence-electron chi connectivity index (χ4n) is 1.25. The topological polar surface area (TPSA) is 96.0 Å². The van der Waals surface area contributed by atoms with E-state index < -0.39 is 31.4 Å². The number of hydrogen-bond donors (Lipinski definition) is 0. The Kier molecular flexibility index (Phi) is 10.3. The molecule has 0 saturated carbocycles. The molecule has 0 N–H and O–H groups in total. The number of hydrogen-bond acceptors (Lipinski definition) is 7. The number of methoxy groups -OCH3 is 2. The van der Waals surface area contributed by atoms with Crippen LogP contribution in [0, 0.1) is 0 Å². The maximum atomic E-state index is 11.9. The van der Waals surface area contributed by atoms with E-state index in [9.17, 15) is 19.0 Å². The fourth-order valence-corrected chi connectivity index (χ4v) is 3.09. The summed E-state index contributed by atoms with van der Waals surface area (Å²) in [6.45, 7) is 0. The van der Waals surface area contributed by atoms with Crippen LogP contribution in [0.2, 0.25) is 0 Å². The first-order valence-electron chi connectivity index (χ1n) is 4.83. The molecule has 2 unspecified atom stereocenters. The summed E-state index contributed by atoms with van der Waals surface area (Å²) in [5.74, 6) is -1.72. The van der Waals surface area contributed by atoms with Crippen molar-refractivity contribution in [3.05, 3.63) is 0 Å². The molecule has 0 fully saturated rings. The van der Waals surface area contributed by atoms with E-state index in [4.69, 9.17) is 0 Å². The molecule has 0 aliphatic heterocycles. The van der Waals surface area contributed by atoms with Crippen LogP contribution < -0.4 is 34.5 Å². The Balaban J connectivity index is 0. The molecule has 0 radical (unpaired) electrons. The maximum absolute atomic E-state index is 11.9. The minimum atomic E-state index is -4.10. The second kappa shape index (κ2) is 9.07. The zero-order valence-corrected chi connectivity index (χ0v) is 14.2. The van der Waals surface area contributed by atoms with Gasteiger partial charge in [-0.05, 0) is 14.1 Å². The zero-order valence-electron chi connectivity index (χ0n) is 11.3. The summed E-state index contributed by atoms with van der Waals surface area (Å²) in [5.41, 5.74) is -1.50. The van der Waals surface area contributed by atoms with Crippen LogP contribution in [0.1, 0.15) is 6.42 Å². The van der Waals surface area contributed by atoms with Crippen LogP contribution in [0.5, 0.6) is 0 Å². The van der Waals surface area contributed by atoms with Crippen molar-refractivity contribution in [1.29, 1.82) is 0 Å². The van der Waals surface area contributed by atoms with Crippen LogP contribution in [0.4, 0.5) is 0 Å². The van der Waals surface area contributed by atoms with Gasteiger partial charge in [0.2, 0.25) is 0 Å². The van der Waals surface area contributed by atoms with Crippen molar-refractivity contribution in [2.45, 2.75) is 12.1 Å². The average molecular weight is 289 g/mol. The van der Waals surface area contributed by atoms with E-state index in [1.165, 1.54) is 4.90 Å². The van der Waals surface area contributed by atoms with Gasteiger partial charge in [0.25, 0.3) is 0 Å². The molecular weight excluding hydrogens is 272 g/mol.